The number of benzene rings is 2. The predicted molar refractivity (Wildman–Crippen MR) is 62.6 cm³/mol. The van der Waals surface area contributed by atoms with E-state index in [1.165, 1.54) is 5.56 Å². The Labute approximate surface area is 89.2 Å². The summed E-state index contributed by atoms with van der Waals surface area (Å²) in [6, 6.07) is 15.2. The second-order valence-electron chi connectivity index (χ2n) is 3.51. The van der Waals surface area contributed by atoms with Crippen molar-refractivity contribution in [1.29, 1.82) is 0 Å². The van der Waals surface area contributed by atoms with Gasteiger partial charge in [0.1, 0.15) is 5.75 Å². The van der Waals surface area contributed by atoms with Crippen LogP contribution in [-0.2, 0) is 0 Å². The molecule has 0 aliphatic rings. The highest BCUT2D eigenvalue weighted by Gasteiger charge is 1.99. The standard InChI is InChI=1S/C13H13NO/c1-10-5-4-6-11(9-10)14-12-7-2-3-8-13(12)15/h2-9,14-15H,1H3. The van der Waals surface area contributed by atoms with Gasteiger partial charge in [0, 0.05) is 5.69 Å². The Morgan fingerprint density at radius 3 is 2.53 bits per heavy atom. The third kappa shape index (κ3) is 2.29. The van der Waals surface area contributed by atoms with E-state index >= 15 is 0 Å². The van der Waals surface area contributed by atoms with Crippen LogP contribution >= 0.6 is 0 Å². The quantitative estimate of drug-likeness (QED) is 0.726. The molecular weight excluding hydrogens is 186 g/mol. The highest BCUT2D eigenvalue weighted by Crippen LogP contribution is 2.25. The second kappa shape index (κ2) is 4.05. The summed E-state index contributed by atoms with van der Waals surface area (Å²) >= 11 is 0. The molecule has 0 radical (unpaired) electrons. The van der Waals surface area contributed by atoms with Crippen molar-refractivity contribution in [3.63, 3.8) is 0 Å². The SMILES string of the molecule is Cc1cccc(Nc2ccccc2O)c1. The fourth-order valence-corrected chi connectivity index (χ4v) is 1.46. The number of phenolic OH excluding ortho intramolecular Hbond substituents is 1. The van der Waals surface area contributed by atoms with Crippen LogP contribution in [0, 0.1) is 6.92 Å². The first-order chi connectivity index (χ1) is 7.25. The molecule has 2 aromatic carbocycles. The monoisotopic (exact) mass is 199 g/mol. The largest absolute Gasteiger partial charge is 0.506 e. The van der Waals surface area contributed by atoms with Crippen LogP contribution in [0.5, 0.6) is 5.75 Å². The highest BCUT2D eigenvalue weighted by atomic mass is 16.3. The Morgan fingerprint density at radius 1 is 1.00 bits per heavy atom. The van der Waals surface area contributed by atoms with Crippen molar-refractivity contribution < 1.29 is 5.11 Å². The number of phenols is 1. The van der Waals surface area contributed by atoms with Gasteiger partial charge in [0.05, 0.1) is 5.69 Å². The first-order valence-electron chi connectivity index (χ1n) is 4.87. The van der Waals surface area contributed by atoms with Gasteiger partial charge in [-0.1, -0.05) is 24.3 Å². The summed E-state index contributed by atoms with van der Waals surface area (Å²) in [5, 5.41) is 12.7. The summed E-state index contributed by atoms with van der Waals surface area (Å²) in [5.41, 5.74) is 2.90. The summed E-state index contributed by atoms with van der Waals surface area (Å²) in [4.78, 5) is 0. The molecule has 0 aliphatic carbocycles. The molecule has 2 rings (SSSR count). The van der Waals surface area contributed by atoms with Crippen LogP contribution in [0.3, 0.4) is 0 Å². The van der Waals surface area contributed by atoms with Gasteiger partial charge in [0.2, 0.25) is 0 Å². The number of anilines is 2. The lowest BCUT2D eigenvalue weighted by Gasteiger charge is -2.08. The zero-order valence-electron chi connectivity index (χ0n) is 8.57. The molecule has 76 valence electrons. The summed E-state index contributed by atoms with van der Waals surface area (Å²) < 4.78 is 0. The Bertz CT molecular complexity index is 466. The fourth-order valence-electron chi connectivity index (χ4n) is 1.46. The molecule has 0 saturated heterocycles. The average Bonchev–Trinajstić information content (AvgIpc) is 2.22. The molecule has 0 atom stereocenters. The predicted octanol–water partition coefficient (Wildman–Crippen LogP) is 3.44. The molecular formula is C13H13NO. The molecule has 0 aromatic heterocycles. The van der Waals surface area contributed by atoms with E-state index < -0.39 is 0 Å². The third-order valence-electron chi connectivity index (χ3n) is 2.20. The minimum absolute atomic E-state index is 0.263. The van der Waals surface area contributed by atoms with Gasteiger partial charge in [0.25, 0.3) is 0 Å². The average molecular weight is 199 g/mol. The van der Waals surface area contributed by atoms with Gasteiger partial charge >= 0.3 is 0 Å². The van der Waals surface area contributed by atoms with E-state index in [1.54, 1.807) is 12.1 Å². The van der Waals surface area contributed by atoms with Gasteiger partial charge in [-0.3, -0.25) is 0 Å². The molecule has 0 spiro atoms. The fraction of sp³-hybridized carbons (Fsp3) is 0.0769. The summed E-state index contributed by atoms with van der Waals surface area (Å²) in [7, 11) is 0. The van der Waals surface area contributed by atoms with Crippen molar-refractivity contribution in [3.8, 4) is 5.75 Å². The lowest BCUT2D eigenvalue weighted by Crippen LogP contribution is -1.90. The molecule has 2 N–H and O–H groups in total. The lowest BCUT2D eigenvalue weighted by atomic mass is 10.2. The molecule has 0 saturated carbocycles. The van der Waals surface area contributed by atoms with Gasteiger partial charge < -0.3 is 10.4 Å². The first-order valence-corrected chi connectivity index (χ1v) is 4.87. The molecule has 0 fully saturated rings. The molecule has 0 amide bonds. The second-order valence-corrected chi connectivity index (χ2v) is 3.51. The van der Waals surface area contributed by atoms with E-state index in [9.17, 15) is 5.11 Å². The lowest BCUT2D eigenvalue weighted by molar-refractivity contribution is 0.478. The van der Waals surface area contributed by atoms with Gasteiger partial charge in [-0.2, -0.15) is 0 Å². The molecule has 2 nitrogen and oxygen atoms in total. The minimum Gasteiger partial charge on any atom is -0.506 e. The van der Waals surface area contributed by atoms with Gasteiger partial charge in [-0.25, -0.2) is 0 Å². The molecule has 0 heterocycles. The maximum absolute atomic E-state index is 9.58. The third-order valence-corrected chi connectivity index (χ3v) is 2.20. The van der Waals surface area contributed by atoms with Crippen molar-refractivity contribution in [2.45, 2.75) is 6.92 Å². The molecule has 2 aromatic rings. The maximum Gasteiger partial charge on any atom is 0.139 e. The van der Waals surface area contributed by atoms with Crippen molar-refractivity contribution in [2.75, 3.05) is 5.32 Å². The van der Waals surface area contributed by atoms with Gasteiger partial charge in [-0.15, -0.1) is 0 Å². The zero-order chi connectivity index (χ0) is 10.7. The Kier molecular flexibility index (Phi) is 2.59. The first kappa shape index (κ1) is 9.59. The Hall–Kier alpha value is -1.96. The van der Waals surface area contributed by atoms with E-state index in [2.05, 4.69) is 5.32 Å². The van der Waals surface area contributed by atoms with E-state index in [0.29, 0.717) is 0 Å². The molecule has 0 bridgehead atoms. The van der Waals surface area contributed by atoms with Crippen LogP contribution in [0.2, 0.25) is 0 Å². The number of aromatic hydroxyl groups is 1. The number of para-hydroxylation sites is 2. The zero-order valence-corrected chi connectivity index (χ0v) is 8.57. The molecule has 0 unspecified atom stereocenters. The topological polar surface area (TPSA) is 32.3 Å². The van der Waals surface area contributed by atoms with Gasteiger partial charge in [-0.05, 0) is 36.8 Å². The highest BCUT2D eigenvalue weighted by molar-refractivity contribution is 5.65. The molecule has 2 heteroatoms. The Balaban J connectivity index is 2.26. The van der Waals surface area contributed by atoms with E-state index in [4.69, 9.17) is 0 Å². The number of rotatable bonds is 2. The summed E-state index contributed by atoms with van der Waals surface area (Å²) in [5.74, 6) is 0.263. The van der Waals surface area contributed by atoms with Crippen LogP contribution in [0.4, 0.5) is 11.4 Å². The normalized spacial score (nSPS) is 9.93. The number of hydrogen-bond acceptors (Lipinski definition) is 2. The number of aryl methyl sites for hydroxylation is 1. The molecule has 0 aliphatic heterocycles. The van der Waals surface area contributed by atoms with Crippen molar-refractivity contribution >= 4 is 11.4 Å². The van der Waals surface area contributed by atoms with Crippen LogP contribution in [0.1, 0.15) is 5.56 Å². The van der Waals surface area contributed by atoms with Crippen molar-refractivity contribution in [3.05, 3.63) is 54.1 Å². The van der Waals surface area contributed by atoms with Crippen molar-refractivity contribution in [2.24, 2.45) is 0 Å². The van der Waals surface area contributed by atoms with Crippen LogP contribution in [0.15, 0.2) is 48.5 Å². The minimum atomic E-state index is 0.263. The van der Waals surface area contributed by atoms with Crippen LogP contribution in [0.25, 0.3) is 0 Å². The van der Waals surface area contributed by atoms with Crippen LogP contribution < -0.4 is 5.32 Å². The van der Waals surface area contributed by atoms with Crippen LogP contribution in [-0.4, -0.2) is 5.11 Å². The maximum atomic E-state index is 9.58. The van der Waals surface area contributed by atoms with Crippen molar-refractivity contribution in [1.82, 2.24) is 0 Å². The number of nitrogens with one attached hydrogen (secondary N) is 1. The van der Waals surface area contributed by atoms with Gasteiger partial charge in [0.15, 0.2) is 0 Å². The van der Waals surface area contributed by atoms with E-state index in [1.807, 2.05) is 43.3 Å². The van der Waals surface area contributed by atoms with E-state index in [0.717, 1.165) is 11.4 Å². The smallest absolute Gasteiger partial charge is 0.139 e. The summed E-state index contributed by atoms with van der Waals surface area (Å²) in [6.07, 6.45) is 0. The summed E-state index contributed by atoms with van der Waals surface area (Å²) in [6.45, 7) is 2.04. The Morgan fingerprint density at radius 2 is 1.80 bits per heavy atom. The van der Waals surface area contributed by atoms with E-state index in [-0.39, 0.29) is 5.75 Å². The molecule has 15 heavy (non-hydrogen) atoms. The number of hydrogen-bond donors (Lipinski definition) is 2.